The zero-order valence-electron chi connectivity index (χ0n) is 8.23. The Morgan fingerprint density at radius 1 is 1.46 bits per heavy atom. The normalized spacial score (nSPS) is 13.9. The number of aliphatic hydroxyl groups excluding tert-OH is 2. The van der Waals surface area contributed by atoms with Crippen LogP contribution in [0.5, 0.6) is 0 Å². The second kappa shape index (κ2) is 9.44. The van der Waals surface area contributed by atoms with E-state index in [9.17, 15) is 0 Å². The SMILES string of the molecule is CC(=O)O.CCCOC(O)C(C)O. The molecule has 5 heteroatoms. The first-order chi connectivity index (χ1) is 5.91. The predicted molar refractivity (Wildman–Crippen MR) is 47.2 cm³/mol. The lowest BCUT2D eigenvalue weighted by Crippen LogP contribution is -2.25. The standard InChI is InChI=1S/C6H14O3.C2H4O2/c1-3-4-9-6(8)5(2)7;1-2(3)4/h5-8H,3-4H2,1-2H3;1H3,(H,3,4). The van der Waals surface area contributed by atoms with Crippen LogP contribution >= 0.6 is 0 Å². The van der Waals surface area contributed by atoms with Gasteiger partial charge in [-0.15, -0.1) is 0 Å². The molecular formula is C8H18O5. The Balaban J connectivity index is 0. The van der Waals surface area contributed by atoms with Crippen molar-refractivity contribution in [3.05, 3.63) is 0 Å². The van der Waals surface area contributed by atoms with Crippen LogP contribution in [0.15, 0.2) is 0 Å². The van der Waals surface area contributed by atoms with Gasteiger partial charge in [0.15, 0.2) is 6.29 Å². The van der Waals surface area contributed by atoms with Crippen molar-refractivity contribution in [3.63, 3.8) is 0 Å². The molecular weight excluding hydrogens is 176 g/mol. The fourth-order valence-electron chi connectivity index (χ4n) is 0.378. The van der Waals surface area contributed by atoms with Crippen molar-refractivity contribution < 1.29 is 24.9 Å². The molecule has 0 saturated carbocycles. The highest BCUT2D eigenvalue weighted by atomic mass is 16.6. The molecule has 0 amide bonds. The quantitative estimate of drug-likeness (QED) is 0.556. The van der Waals surface area contributed by atoms with Gasteiger partial charge in [0.25, 0.3) is 5.97 Å². The van der Waals surface area contributed by atoms with Gasteiger partial charge in [0.2, 0.25) is 0 Å². The lowest BCUT2D eigenvalue weighted by Gasteiger charge is -2.12. The molecule has 0 aliphatic heterocycles. The van der Waals surface area contributed by atoms with Crippen molar-refractivity contribution in [3.8, 4) is 0 Å². The Morgan fingerprint density at radius 2 is 1.85 bits per heavy atom. The van der Waals surface area contributed by atoms with Crippen LogP contribution in [0.2, 0.25) is 0 Å². The minimum atomic E-state index is -1.02. The van der Waals surface area contributed by atoms with Crippen molar-refractivity contribution in [1.82, 2.24) is 0 Å². The van der Waals surface area contributed by atoms with E-state index in [1.165, 1.54) is 6.92 Å². The minimum absolute atomic E-state index is 0.492. The van der Waals surface area contributed by atoms with Gasteiger partial charge in [-0.05, 0) is 13.3 Å². The number of carboxylic acid groups (broad SMARTS) is 1. The first kappa shape index (κ1) is 14.9. The van der Waals surface area contributed by atoms with E-state index in [1.807, 2.05) is 6.92 Å². The lowest BCUT2D eigenvalue weighted by molar-refractivity contribution is -0.155. The molecule has 2 atom stereocenters. The largest absolute Gasteiger partial charge is 0.481 e. The highest BCUT2D eigenvalue weighted by Crippen LogP contribution is 1.94. The monoisotopic (exact) mass is 194 g/mol. The van der Waals surface area contributed by atoms with Gasteiger partial charge < -0.3 is 20.1 Å². The van der Waals surface area contributed by atoms with Crippen LogP contribution in [0.1, 0.15) is 27.2 Å². The molecule has 0 saturated heterocycles. The van der Waals surface area contributed by atoms with Crippen LogP contribution < -0.4 is 0 Å². The first-order valence-corrected chi connectivity index (χ1v) is 4.09. The van der Waals surface area contributed by atoms with E-state index < -0.39 is 18.4 Å². The number of aliphatic carboxylic acids is 1. The summed E-state index contributed by atoms with van der Waals surface area (Å²) in [5.41, 5.74) is 0. The molecule has 0 bridgehead atoms. The van der Waals surface area contributed by atoms with Crippen molar-refractivity contribution >= 4 is 5.97 Å². The lowest BCUT2D eigenvalue weighted by atomic mass is 10.4. The van der Waals surface area contributed by atoms with Crippen LogP contribution in [0.25, 0.3) is 0 Å². The summed E-state index contributed by atoms with van der Waals surface area (Å²) in [6.07, 6.45) is -0.967. The van der Waals surface area contributed by atoms with Crippen LogP contribution in [-0.2, 0) is 9.53 Å². The van der Waals surface area contributed by atoms with Crippen molar-refractivity contribution in [2.45, 2.75) is 39.6 Å². The molecule has 2 unspecified atom stereocenters. The van der Waals surface area contributed by atoms with Gasteiger partial charge in [-0.1, -0.05) is 6.92 Å². The third-order valence-electron chi connectivity index (χ3n) is 0.905. The Bertz CT molecular complexity index is 120. The zero-order valence-corrected chi connectivity index (χ0v) is 8.23. The number of ether oxygens (including phenoxy) is 1. The molecule has 0 aromatic heterocycles. The summed E-state index contributed by atoms with van der Waals surface area (Å²) in [6.45, 7) is 5.00. The Kier molecular flexibility index (Phi) is 10.8. The highest BCUT2D eigenvalue weighted by molar-refractivity contribution is 5.62. The second-order valence-electron chi connectivity index (χ2n) is 2.52. The number of hydrogen-bond donors (Lipinski definition) is 3. The van der Waals surface area contributed by atoms with Gasteiger partial charge >= 0.3 is 0 Å². The number of aliphatic hydroxyl groups is 2. The molecule has 0 aromatic rings. The summed E-state index contributed by atoms with van der Waals surface area (Å²) >= 11 is 0. The maximum atomic E-state index is 9.00. The molecule has 13 heavy (non-hydrogen) atoms. The maximum absolute atomic E-state index is 9.00. The summed E-state index contributed by atoms with van der Waals surface area (Å²) in [5.74, 6) is -0.833. The van der Waals surface area contributed by atoms with Crippen molar-refractivity contribution in [2.24, 2.45) is 0 Å². The van der Waals surface area contributed by atoms with Crippen molar-refractivity contribution in [1.29, 1.82) is 0 Å². The van der Waals surface area contributed by atoms with Crippen LogP contribution in [-0.4, -0.2) is 40.3 Å². The molecule has 0 aromatic carbocycles. The van der Waals surface area contributed by atoms with Crippen LogP contribution in [0, 0.1) is 0 Å². The van der Waals surface area contributed by atoms with Gasteiger partial charge in [0, 0.05) is 13.5 Å². The number of carbonyl (C=O) groups is 1. The third-order valence-corrected chi connectivity index (χ3v) is 0.905. The molecule has 0 aliphatic rings. The average Bonchev–Trinajstić information content (AvgIpc) is 1.98. The Labute approximate surface area is 78.0 Å². The topological polar surface area (TPSA) is 87.0 Å². The number of carboxylic acids is 1. The second-order valence-corrected chi connectivity index (χ2v) is 2.52. The zero-order chi connectivity index (χ0) is 10.9. The molecule has 0 radical (unpaired) electrons. The van der Waals surface area contributed by atoms with E-state index in [-0.39, 0.29) is 0 Å². The van der Waals surface area contributed by atoms with Crippen molar-refractivity contribution in [2.75, 3.05) is 6.61 Å². The number of hydrogen-bond acceptors (Lipinski definition) is 4. The molecule has 80 valence electrons. The van der Waals surface area contributed by atoms with E-state index in [4.69, 9.17) is 24.9 Å². The highest BCUT2D eigenvalue weighted by Gasteiger charge is 2.08. The molecule has 0 fully saturated rings. The molecule has 0 aliphatic carbocycles. The van der Waals surface area contributed by atoms with Gasteiger partial charge in [0.1, 0.15) is 6.10 Å². The van der Waals surface area contributed by atoms with Crippen LogP contribution in [0.3, 0.4) is 0 Å². The van der Waals surface area contributed by atoms with E-state index >= 15 is 0 Å². The summed E-state index contributed by atoms with van der Waals surface area (Å²) in [7, 11) is 0. The molecule has 0 heterocycles. The molecule has 3 N–H and O–H groups in total. The average molecular weight is 194 g/mol. The molecule has 5 nitrogen and oxygen atoms in total. The minimum Gasteiger partial charge on any atom is -0.481 e. The Morgan fingerprint density at radius 3 is 2.08 bits per heavy atom. The molecule has 0 spiro atoms. The van der Waals surface area contributed by atoms with Gasteiger partial charge in [-0.2, -0.15) is 0 Å². The smallest absolute Gasteiger partial charge is 0.300 e. The third kappa shape index (κ3) is 18.4. The van der Waals surface area contributed by atoms with Gasteiger partial charge in [-0.25, -0.2) is 0 Å². The summed E-state index contributed by atoms with van der Waals surface area (Å²) in [6, 6.07) is 0. The van der Waals surface area contributed by atoms with E-state index in [2.05, 4.69) is 0 Å². The van der Waals surface area contributed by atoms with Gasteiger partial charge in [-0.3, -0.25) is 4.79 Å². The van der Waals surface area contributed by atoms with E-state index in [1.54, 1.807) is 0 Å². The Hall–Kier alpha value is -0.650. The summed E-state index contributed by atoms with van der Waals surface area (Å²) < 4.78 is 4.76. The number of rotatable bonds is 4. The molecule has 0 rings (SSSR count). The van der Waals surface area contributed by atoms with Crippen LogP contribution in [0.4, 0.5) is 0 Å². The maximum Gasteiger partial charge on any atom is 0.300 e. The van der Waals surface area contributed by atoms with E-state index in [0.29, 0.717) is 6.61 Å². The fourth-order valence-corrected chi connectivity index (χ4v) is 0.378. The summed E-state index contributed by atoms with van der Waals surface area (Å²) in [5, 5.41) is 24.9. The summed E-state index contributed by atoms with van der Waals surface area (Å²) in [4.78, 5) is 9.00. The first-order valence-electron chi connectivity index (χ1n) is 4.09. The predicted octanol–water partition coefficient (Wildman–Crippen LogP) is 0.203. The fraction of sp³-hybridized carbons (Fsp3) is 0.875. The van der Waals surface area contributed by atoms with E-state index in [0.717, 1.165) is 13.3 Å². The van der Waals surface area contributed by atoms with Gasteiger partial charge in [0.05, 0.1) is 0 Å².